The van der Waals surface area contributed by atoms with Crippen molar-refractivity contribution in [3.8, 4) is 0 Å². The second-order valence-corrected chi connectivity index (χ2v) is 3.03. The molecule has 9 heavy (non-hydrogen) atoms. The van der Waals surface area contributed by atoms with Crippen molar-refractivity contribution in [3.05, 3.63) is 0 Å². The Labute approximate surface area is 56.0 Å². The Morgan fingerprint density at radius 1 is 1.33 bits per heavy atom. The van der Waals surface area contributed by atoms with Gasteiger partial charge in [-0.1, -0.05) is 0 Å². The molecule has 2 unspecified atom stereocenters. The highest BCUT2D eigenvalue weighted by Crippen LogP contribution is 2.20. The van der Waals surface area contributed by atoms with Gasteiger partial charge in [-0.25, -0.2) is 5.32 Å². The highest BCUT2D eigenvalue weighted by molar-refractivity contribution is 4.88. The van der Waals surface area contributed by atoms with Crippen molar-refractivity contribution < 1.29 is 0 Å². The molecule has 0 saturated carbocycles. The van der Waals surface area contributed by atoms with Crippen LogP contribution in [0.4, 0.5) is 0 Å². The third kappa shape index (κ3) is 0.970. The van der Waals surface area contributed by atoms with Gasteiger partial charge < -0.3 is 5.32 Å². The van der Waals surface area contributed by atoms with E-state index < -0.39 is 0 Å². The number of nitrogens with one attached hydrogen (secondary N) is 1. The minimum Gasteiger partial charge on any atom is -0.314 e. The fourth-order valence-electron chi connectivity index (χ4n) is 1.87. The van der Waals surface area contributed by atoms with Gasteiger partial charge >= 0.3 is 0 Å². The molecule has 0 bridgehead atoms. The van der Waals surface area contributed by atoms with Crippen LogP contribution in [-0.4, -0.2) is 25.7 Å². The lowest BCUT2D eigenvalue weighted by Crippen LogP contribution is -2.38. The molecule has 0 aromatic heterocycles. The first-order chi connectivity index (χ1) is 4.47. The molecule has 2 saturated heterocycles. The predicted octanol–water partition coefficient (Wildman–Crippen LogP) is -0.0274. The molecule has 0 aliphatic carbocycles. The molecule has 0 spiro atoms. The number of hydrogen-bond donors (Lipinski definition) is 1. The van der Waals surface area contributed by atoms with E-state index in [1.807, 2.05) is 0 Å². The van der Waals surface area contributed by atoms with Crippen LogP contribution in [0, 0.1) is 5.92 Å². The molecule has 2 fully saturated rings. The molecular weight excluding hydrogens is 112 g/mol. The molecule has 1 radical (unpaired) electrons. The first kappa shape index (κ1) is 5.69. The summed E-state index contributed by atoms with van der Waals surface area (Å²) in [5.41, 5.74) is 0. The first-order valence-electron chi connectivity index (χ1n) is 3.83. The summed E-state index contributed by atoms with van der Waals surface area (Å²) in [6.07, 6.45) is 2.64. The largest absolute Gasteiger partial charge is 0.314 e. The lowest BCUT2D eigenvalue weighted by Gasteiger charge is -2.23. The Bertz CT molecular complexity index is 91.1. The molecule has 2 atom stereocenters. The van der Waals surface area contributed by atoms with Crippen molar-refractivity contribution in [1.82, 2.24) is 10.6 Å². The lowest BCUT2D eigenvalue weighted by molar-refractivity contribution is 0.339. The molecule has 2 nitrogen and oxygen atoms in total. The quantitative estimate of drug-likeness (QED) is 0.483. The zero-order valence-corrected chi connectivity index (χ0v) is 5.64. The maximum absolute atomic E-state index is 4.38. The summed E-state index contributed by atoms with van der Waals surface area (Å²) in [4.78, 5) is 0. The van der Waals surface area contributed by atoms with Crippen LogP contribution in [0.25, 0.3) is 0 Å². The van der Waals surface area contributed by atoms with Gasteiger partial charge in [-0.15, -0.1) is 0 Å². The molecule has 51 valence electrons. The molecule has 2 heterocycles. The Morgan fingerprint density at radius 3 is 3.22 bits per heavy atom. The van der Waals surface area contributed by atoms with Gasteiger partial charge in [0.1, 0.15) is 0 Å². The van der Waals surface area contributed by atoms with Crippen LogP contribution in [-0.2, 0) is 0 Å². The zero-order valence-electron chi connectivity index (χ0n) is 5.64. The van der Waals surface area contributed by atoms with E-state index in [1.54, 1.807) is 0 Å². The molecule has 0 aromatic rings. The molecule has 0 amide bonds. The van der Waals surface area contributed by atoms with Gasteiger partial charge in [0.05, 0.1) is 0 Å². The number of piperidine rings is 1. The second-order valence-electron chi connectivity index (χ2n) is 3.03. The highest BCUT2D eigenvalue weighted by Gasteiger charge is 2.28. The van der Waals surface area contributed by atoms with Crippen molar-refractivity contribution in [2.24, 2.45) is 5.92 Å². The van der Waals surface area contributed by atoms with E-state index >= 15 is 0 Å². The van der Waals surface area contributed by atoms with Crippen LogP contribution in [0.1, 0.15) is 12.8 Å². The topological polar surface area (TPSA) is 26.1 Å². The average molecular weight is 125 g/mol. The van der Waals surface area contributed by atoms with Crippen LogP contribution in [0.3, 0.4) is 0 Å². The van der Waals surface area contributed by atoms with Gasteiger partial charge in [0.15, 0.2) is 0 Å². The summed E-state index contributed by atoms with van der Waals surface area (Å²) in [6.45, 7) is 3.44. The van der Waals surface area contributed by atoms with E-state index in [0.29, 0.717) is 0 Å². The fourth-order valence-corrected chi connectivity index (χ4v) is 1.87. The Hall–Kier alpha value is -0.0800. The number of hydrogen-bond acceptors (Lipinski definition) is 1. The van der Waals surface area contributed by atoms with E-state index in [-0.39, 0.29) is 0 Å². The fraction of sp³-hybridized carbons (Fsp3) is 1.00. The predicted molar refractivity (Wildman–Crippen MR) is 36.4 cm³/mol. The highest BCUT2D eigenvalue weighted by atomic mass is 15.0. The minimum absolute atomic E-state index is 0.822. The van der Waals surface area contributed by atoms with Gasteiger partial charge in [-0.05, 0) is 25.3 Å². The molecular formula is C7H13N2. The number of rotatable bonds is 0. The van der Waals surface area contributed by atoms with Crippen LogP contribution >= 0.6 is 0 Å². The number of fused-ring (bicyclic) bond motifs is 1. The van der Waals surface area contributed by atoms with E-state index in [4.69, 9.17) is 0 Å². The first-order valence-corrected chi connectivity index (χ1v) is 3.83. The SMILES string of the molecule is C1CC2NCCC2C[N]1. The smallest absolute Gasteiger partial charge is 0.0177 e. The molecule has 2 aliphatic heterocycles. The molecule has 2 rings (SSSR count). The van der Waals surface area contributed by atoms with Crippen LogP contribution in [0.15, 0.2) is 0 Å². The van der Waals surface area contributed by atoms with Gasteiger partial charge in [0, 0.05) is 19.1 Å². The van der Waals surface area contributed by atoms with Gasteiger partial charge in [-0.2, -0.15) is 0 Å². The average Bonchev–Trinajstić information content (AvgIpc) is 2.33. The van der Waals surface area contributed by atoms with Crippen molar-refractivity contribution >= 4 is 0 Å². The second kappa shape index (κ2) is 2.27. The van der Waals surface area contributed by atoms with E-state index in [0.717, 1.165) is 25.0 Å². The summed E-state index contributed by atoms with van der Waals surface area (Å²) in [6, 6.07) is 0.822. The van der Waals surface area contributed by atoms with Gasteiger partial charge in [-0.3, -0.25) is 0 Å². The normalized spacial score (nSPS) is 42.7. The third-order valence-corrected chi connectivity index (χ3v) is 2.45. The maximum atomic E-state index is 4.38. The van der Waals surface area contributed by atoms with Gasteiger partial charge in [0.25, 0.3) is 0 Å². The summed E-state index contributed by atoms with van der Waals surface area (Å²) in [5.74, 6) is 0.888. The molecule has 0 aromatic carbocycles. The van der Waals surface area contributed by atoms with Gasteiger partial charge in [0.2, 0.25) is 0 Å². The Balaban J connectivity index is 1.97. The number of nitrogens with zero attached hydrogens (tertiary/aromatic N) is 1. The molecule has 2 aliphatic rings. The van der Waals surface area contributed by atoms with Crippen molar-refractivity contribution in [1.29, 1.82) is 0 Å². The Kier molecular flexibility index (Phi) is 1.44. The van der Waals surface area contributed by atoms with Crippen molar-refractivity contribution in [3.63, 3.8) is 0 Å². The van der Waals surface area contributed by atoms with E-state index in [9.17, 15) is 0 Å². The minimum atomic E-state index is 0.822. The Morgan fingerprint density at radius 2 is 2.33 bits per heavy atom. The van der Waals surface area contributed by atoms with E-state index in [1.165, 1.54) is 19.4 Å². The summed E-state index contributed by atoms with van der Waals surface area (Å²) < 4.78 is 0. The van der Waals surface area contributed by atoms with Crippen LogP contribution in [0.2, 0.25) is 0 Å². The lowest BCUT2D eigenvalue weighted by atomic mass is 9.95. The maximum Gasteiger partial charge on any atom is 0.0177 e. The standard InChI is InChI=1S/C7H13N2/c1-4-9-7-2-3-8-5-6(1)7/h6-7,9H,1-5H2. The molecule has 2 heteroatoms. The summed E-state index contributed by atoms with van der Waals surface area (Å²) in [5, 5.41) is 7.88. The van der Waals surface area contributed by atoms with E-state index in [2.05, 4.69) is 10.6 Å². The van der Waals surface area contributed by atoms with Crippen LogP contribution in [0.5, 0.6) is 0 Å². The monoisotopic (exact) mass is 125 g/mol. The third-order valence-electron chi connectivity index (χ3n) is 2.45. The molecule has 1 N–H and O–H groups in total. The van der Waals surface area contributed by atoms with Crippen molar-refractivity contribution in [2.75, 3.05) is 19.6 Å². The van der Waals surface area contributed by atoms with Crippen molar-refractivity contribution in [2.45, 2.75) is 18.9 Å². The zero-order chi connectivity index (χ0) is 6.10. The summed E-state index contributed by atoms with van der Waals surface area (Å²) in [7, 11) is 0. The van der Waals surface area contributed by atoms with Crippen LogP contribution < -0.4 is 10.6 Å². The summed E-state index contributed by atoms with van der Waals surface area (Å²) >= 11 is 0.